The first-order valence-electron chi connectivity index (χ1n) is 7.97. The normalized spacial score (nSPS) is 15.3. The molecular formula is C19H18F2N2O. The molecular weight excluding hydrogens is 310 g/mol. The number of hydrogen-bond acceptors (Lipinski definition) is 3. The van der Waals surface area contributed by atoms with E-state index in [1.54, 1.807) is 24.3 Å². The second kappa shape index (κ2) is 7.41. The maximum absolute atomic E-state index is 13.7. The first kappa shape index (κ1) is 16.4. The van der Waals surface area contributed by atoms with Crippen molar-refractivity contribution in [2.45, 2.75) is 25.6 Å². The molecule has 0 spiro atoms. The molecule has 24 heavy (non-hydrogen) atoms. The summed E-state index contributed by atoms with van der Waals surface area (Å²) in [6.45, 7) is 1.88. The Morgan fingerprint density at radius 2 is 1.79 bits per heavy atom. The van der Waals surface area contributed by atoms with E-state index in [1.807, 2.05) is 11.0 Å². The van der Waals surface area contributed by atoms with Gasteiger partial charge in [-0.05, 0) is 42.7 Å². The number of hydrogen-bond donors (Lipinski definition) is 0. The van der Waals surface area contributed by atoms with Gasteiger partial charge in [-0.2, -0.15) is 5.26 Å². The SMILES string of the molecule is N#Cc1c(F)cccc1N1CCC(OCc2ccc(F)cc2)CC1. The number of rotatable bonds is 4. The van der Waals surface area contributed by atoms with E-state index in [0.29, 0.717) is 25.4 Å². The van der Waals surface area contributed by atoms with Crippen LogP contribution in [-0.2, 0) is 11.3 Å². The highest BCUT2D eigenvalue weighted by Crippen LogP contribution is 2.26. The van der Waals surface area contributed by atoms with E-state index in [2.05, 4.69) is 0 Å². The van der Waals surface area contributed by atoms with Crippen LogP contribution in [0, 0.1) is 23.0 Å². The van der Waals surface area contributed by atoms with Gasteiger partial charge in [-0.15, -0.1) is 0 Å². The van der Waals surface area contributed by atoms with Gasteiger partial charge in [-0.3, -0.25) is 0 Å². The highest BCUT2D eigenvalue weighted by atomic mass is 19.1. The molecule has 2 aromatic carbocycles. The summed E-state index contributed by atoms with van der Waals surface area (Å²) in [5.41, 5.74) is 1.69. The van der Waals surface area contributed by atoms with Gasteiger partial charge < -0.3 is 9.64 Å². The Morgan fingerprint density at radius 1 is 1.08 bits per heavy atom. The Hall–Kier alpha value is -2.45. The summed E-state index contributed by atoms with van der Waals surface area (Å²) >= 11 is 0. The maximum Gasteiger partial charge on any atom is 0.143 e. The quantitative estimate of drug-likeness (QED) is 0.850. The van der Waals surface area contributed by atoms with Crippen LogP contribution in [0.15, 0.2) is 42.5 Å². The molecule has 1 aliphatic heterocycles. The molecule has 5 heteroatoms. The standard InChI is InChI=1S/C19H18F2N2O/c20-15-6-4-14(5-7-15)13-24-16-8-10-23(11-9-16)19-3-1-2-18(21)17(19)12-22/h1-7,16H,8-11,13H2. The molecule has 0 aromatic heterocycles. The summed E-state index contributed by atoms with van der Waals surface area (Å²) in [6, 6.07) is 12.9. The summed E-state index contributed by atoms with van der Waals surface area (Å²) in [7, 11) is 0. The molecule has 1 aliphatic rings. The third-order valence-corrected chi connectivity index (χ3v) is 4.29. The van der Waals surface area contributed by atoms with Crippen LogP contribution >= 0.6 is 0 Å². The Balaban J connectivity index is 1.55. The van der Waals surface area contributed by atoms with E-state index < -0.39 is 5.82 Å². The third kappa shape index (κ3) is 3.72. The van der Waals surface area contributed by atoms with E-state index in [-0.39, 0.29) is 17.5 Å². The molecule has 0 bridgehead atoms. The summed E-state index contributed by atoms with van der Waals surface area (Å²) < 4.78 is 32.5. The molecule has 1 saturated heterocycles. The number of halogens is 2. The number of piperidine rings is 1. The molecule has 0 saturated carbocycles. The van der Waals surface area contributed by atoms with Crippen LogP contribution in [0.3, 0.4) is 0 Å². The second-order valence-electron chi connectivity index (χ2n) is 5.87. The maximum atomic E-state index is 13.7. The smallest absolute Gasteiger partial charge is 0.143 e. The van der Waals surface area contributed by atoms with Crippen LogP contribution in [0.4, 0.5) is 14.5 Å². The fourth-order valence-corrected chi connectivity index (χ4v) is 2.95. The molecule has 3 nitrogen and oxygen atoms in total. The third-order valence-electron chi connectivity index (χ3n) is 4.29. The van der Waals surface area contributed by atoms with Crippen LogP contribution in [-0.4, -0.2) is 19.2 Å². The number of nitriles is 1. The highest BCUT2D eigenvalue weighted by molar-refractivity contribution is 5.60. The predicted molar refractivity (Wildman–Crippen MR) is 87.5 cm³/mol. The molecule has 0 unspecified atom stereocenters. The zero-order chi connectivity index (χ0) is 16.9. The molecule has 0 amide bonds. The van der Waals surface area contributed by atoms with Crippen LogP contribution in [0.1, 0.15) is 24.0 Å². The summed E-state index contributed by atoms with van der Waals surface area (Å²) in [5.74, 6) is -0.736. The predicted octanol–water partition coefficient (Wildman–Crippen LogP) is 4.02. The fraction of sp³-hybridized carbons (Fsp3) is 0.316. The van der Waals surface area contributed by atoms with Crippen LogP contribution < -0.4 is 4.90 Å². The highest BCUT2D eigenvalue weighted by Gasteiger charge is 2.22. The summed E-state index contributed by atoms with van der Waals surface area (Å²) in [5, 5.41) is 9.14. The van der Waals surface area contributed by atoms with Gasteiger partial charge >= 0.3 is 0 Å². The average Bonchev–Trinajstić information content (AvgIpc) is 2.61. The van der Waals surface area contributed by atoms with Crippen molar-refractivity contribution in [2.75, 3.05) is 18.0 Å². The van der Waals surface area contributed by atoms with Crippen molar-refractivity contribution in [1.29, 1.82) is 5.26 Å². The largest absolute Gasteiger partial charge is 0.373 e. The summed E-state index contributed by atoms with van der Waals surface area (Å²) in [6.07, 6.45) is 1.73. The first-order chi connectivity index (χ1) is 11.7. The van der Waals surface area contributed by atoms with Crippen molar-refractivity contribution < 1.29 is 13.5 Å². The monoisotopic (exact) mass is 328 g/mol. The Morgan fingerprint density at radius 3 is 2.46 bits per heavy atom. The van der Waals surface area contributed by atoms with Crippen LogP contribution in [0.5, 0.6) is 0 Å². The van der Waals surface area contributed by atoms with Crippen molar-refractivity contribution in [1.82, 2.24) is 0 Å². The Labute approximate surface area is 140 Å². The molecule has 0 N–H and O–H groups in total. The number of nitrogens with zero attached hydrogens (tertiary/aromatic N) is 2. The Kier molecular flexibility index (Phi) is 5.07. The minimum Gasteiger partial charge on any atom is -0.373 e. The molecule has 3 rings (SSSR count). The van der Waals surface area contributed by atoms with Gasteiger partial charge in [0.25, 0.3) is 0 Å². The Bertz CT molecular complexity index is 732. The zero-order valence-corrected chi connectivity index (χ0v) is 13.2. The minimum absolute atomic E-state index is 0.100. The van der Waals surface area contributed by atoms with Gasteiger partial charge in [0, 0.05) is 13.1 Å². The van der Waals surface area contributed by atoms with Crippen molar-refractivity contribution >= 4 is 5.69 Å². The van der Waals surface area contributed by atoms with Gasteiger partial charge in [0.15, 0.2) is 0 Å². The zero-order valence-electron chi connectivity index (χ0n) is 13.2. The number of benzene rings is 2. The molecule has 2 aromatic rings. The molecule has 0 aliphatic carbocycles. The lowest BCUT2D eigenvalue weighted by molar-refractivity contribution is 0.0251. The van der Waals surface area contributed by atoms with Gasteiger partial charge in [-0.1, -0.05) is 18.2 Å². The average molecular weight is 328 g/mol. The van der Waals surface area contributed by atoms with Gasteiger partial charge in [0.05, 0.1) is 18.4 Å². The van der Waals surface area contributed by atoms with E-state index in [9.17, 15) is 8.78 Å². The lowest BCUT2D eigenvalue weighted by Crippen LogP contribution is -2.37. The summed E-state index contributed by atoms with van der Waals surface area (Å²) in [4.78, 5) is 2.03. The number of ether oxygens (including phenoxy) is 1. The van der Waals surface area contributed by atoms with Crippen molar-refractivity contribution in [3.63, 3.8) is 0 Å². The van der Waals surface area contributed by atoms with Crippen molar-refractivity contribution in [3.05, 3.63) is 65.2 Å². The number of anilines is 1. The van der Waals surface area contributed by atoms with Crippen LogP contribution in [0.2, 0.25) is 0 Å². The van der Waals surface area contributed by atoms with Gasteiger partial charge in [0.2, 0.25) is 0 Å². The molecule has 0 atom stereocenters. The minimum atomic E-state index is -0.482. The second-order valence-corrected chi connectivity index (χ2v) is 5.87. The molecule has 1 heterocycles. The topological polar surface area (TPSA) is 36.3 Å². The van der Waals surface area contributed by atoms with Gasteiger partial charge in [-0.25, -0.2) is 8.78 Å². The van der Waals surface area contributed by atoms with Gasteiger partial charge in [0.1, 0.15) is 23.3 Å². The van der Waals surface area contributed by atoms with Crippen molar-refractivity contribution in [3.8, 4) is 6.07 Å². The molecule has 0 radical (unpaired) electrons. The van der Waals surface area contributed by atoms with E-state index in [0.717, 1.165) is 18.4 Å². The van der Waals surface area contributed by atoms with E-state index >= 15 is 0 Å². The molecule has 1 fully saturated rings. The van der Waals surface area contributed by atoms with E-state index in [1.165, 1.54) is 18.2 Å². The molecule has 124 valence electrons. The van der Waals surface area contributed by atoms with Crippen molar-refractivity contribution in [2.24, 2.45) is 0 Å². The van der Waals surface area contributed by atoms with E-state index in [4.69, 9.17) is 10.00 Å². The first-order valence-corrected chi connectivity index (χ1v) is 7.97. The van der Waals surface area contributed by atoms with Crippen LogP contribution in [0.25, 0.3) is 0 Å². The lowest BCUT2D eigenvalue weighted by atomic mass is 10.0. The fourth-order valence-electron chi connectivity index (χ4n) is 2.95. The lowest BCUT2D eigenvalue weighted by Gasteiger charge is -2.34.